The summed E-state index contributed by atoms with van der Waals surface area (Å²) in [4.78, 5) is 0. The van der Waals surface area contributed by atoms with Gasteiger partial charge in [0.1, 0.15) is 0 Å². The Labute approximate surface area is 173 Å². The second kappa shape index (κ2) is 7.10. The average molecular weight is 704 g/mol. The molecule has 0 aromatic carbocycles. The summed E-state index contributed by atoms with van der Waals surface area (Å²) < 4.78 is 219. The van der Waals surface area contributed by atoms with E-state index in [0.717, 1.165) is 0 Å². The first kappa shape index (κ1) is 29.2. The Morgan fingerprint density at radius 1 is 0.241 bits per heavy atom. The van der Waals surface area contributed by atoms with E-state index in [9.17, 15) is 79.0 Å². The van der Waals surface area contributed by atoms with Gasteiger partial charge in [0, 0.05) is 45.2 Å². The zero-order chi connectivity index (χ0) is 24.5. The summed E-state index contributed by atoms with van der Waals surface area (Å²) in [5.41, 5.74) is 0. The Balaban J connectivity index is 6.82. The zero-order valence-corrected chi connectivity index (χ0v) is 16.4. The van der Waals surface area contributed by atoms with Crippen LogP contribution in [-0.2, 0) is 0 Å². The summed E-state index contributed by atoms with van der Waals surface area (Å²) in [6.07, 6.45) is 0. The molecule has 0 amide bonds. The molecule has 0 saturated carbocycles. The summed E-state index contributed by atoms with van der Waals surface area (Å²) in [5.74, 6) is -57.7. The average Bonchev–Trinajstić information content (AvgIpc) is 2.43. The predicted molar refractivity (Wildman–Crippen MR) is 72.6 cm³/mol. The summed E-state index contributed by atoms with van der Waals surface area (Å²) in [7, 11) is 0. The maximum atomic E-state index is 13.2. The van der Waals surface area contributed by atoms with Crippen molar-refractivity contribution in [3.05, 3.63) is 0 Å². The lowest BCUT2D eigenvalue weighted by molar-refractivity contribution is -0.453. The lowest BCUT2D eigenvalue weighted by Gasteiger charge is -2.43. The van der Waals surface area contributed by atoms with E-state index in [1.54, 1.807) is 0 Å². The lowest BCUT2D eigenvalue weighted by atomic mass is 9.89. The monoisotopic (exact) mass is 704 g/mol. The molecule has 0 saturated heterocycles. The predicted octanol–water partition coefficient (Wildman–Crippen LogP) is 7.49. The molecular formula is C9F18I2. The van der Waals surface area contributed by atoms with Crippen LogP contribution in [0.2, 0.25) is 0 Å². The van der Waals surface area contributed by atoms with Crippen molar-refractivity contribution in [3.8, 4) is 0 Å². The van der Waals surface area contributed by atoms with E-state index >= 15 is 0 Å². The maximum absolute atomic E-state index is 13.2. The summed E-state index contributed by atoms with van der Waals surface area (Å²) in [5, 5.41) is 0. The molecular weight excluding hydrogens is 704 g/mol. The van der Waals surface area contributed by atoms with Gasteiger partial charge in [-0.3, -0.25) is 0 Å². The highest BCUT2D eigenvalue weighted by atomic mass is 127. The van der Waals surface area contributed by atoms with Gasteiger partial charge in [0.05, 0.1) is 0 Å². The van der Waals surface area contributed by atoms with Crippen LogP contribution >= 0.6 is 45.2 Å². The smallest absolute Gasteiger partial charge is 0.192 e. The van der Waals surface area contributed by atoms with Crippen molar-refractivity contribution in [2.24, 2.45) is 0 Å². The van der Waals surface area contributed by atoms with Crippen LogP contribution in [-0.4, -0.2) is 49.3 Å². The van der Waals surface area contributed by atoms with Gasteiger partial charge < -0.3 is 0 Å². The van der Waals surface area contributed by atoms with Gasteiger partial charge in [-0.25, -0.2) is 0 Å². The summed E-state index contributed by atoms with van der Waals surface area (Å²) in [6.45, 7) is 0. The first-order valence-corrected chi connectivity index (χ1v) is 7.94. The van der Waals surface area contributed by atoms with Crippen molar-refractivity contribution in [1.82, 2.24) is 0 Å². The van der Waals surface area contributed by atoms with E-state index < -0.39 is 94.5 Å². The summed E-state index contributed by atoms with van der Waals surface area (Å²) >= 11 is -2.05. The van der Waals surface area contributed by atoms with Crippen LogP contribution in [0.3, 0.4) is 0 Å². The molecule has 0 aliphatic carbocycles. The molecule has 0 aliphatic heterocycles. The third kappa shape index (κ3) is 3.71. The number of alkyl halides is 20. The highest BCUT2D eigenvalue weighted by molar-refractivity contribution is 14.1. The number of hydrogen-bond donors (Lipinski definition) is 0. The molecule has 0 aromatic rings. The SMILES string of the molecule is FC(F)(I)C(F)(F)C(F)(F)C(F)(F)C(F)(F)C(F)(F)C(F)(F)C(F)(F)C(F)(F)I. The van der Waals surface area contributed by atoms with Crippen molar-refractivity contribution in [2.45, 2.75) is 49.3 Å². The number of rotatable bonds is 8. The first-order chi connectivity index (χ1) is 12.0. The number of halogens is 20. The van der Waals surface area contributed by atoms with E-state index in [-0.39, 0.29) is 0 Å². The molecule has 176 valence electrons. The minimum absolute atomic E-state index is 1.02. The Bertz CT molecular complexity index is 558. The molecule has 0 heterocycles. The minimum atomic E-state index is -8.69. The third-order valence-electron chi connectivity index (χ3n) is 3.08. The highest BCUT2D eigenvalue weighted by Crippen LogP contribution is 2.65. The molecule has 0 rings (SSSR count). The molecule has 20 heteroatoms. The van der Waals surface area contributed by atoms with Gasteiger partial charge in [0.2, 0.25) is 0 Å². The van der Waals surface area contributed by atoms with E-state index in [1.165, 1.54) is 0 Å². The molecule has 29 heavy (non-hydrogen) atoms. The molecule has 0 radical (unpaired) electrons. The van der Waals surface area contributed by atoms with Crippen LogP contribution in [0.4, 0.5) is 79.0 Å². The quantitative estimate of drug-likeness (QED) is 0.140. The Morgan fingerprint density at radius 2 is 0.345 bits per heavy atom. The van der Waals surface area contributed by atoms with E-state index in [4.69, 9.17) is 0 Å². The van der Waals surface area contributed by atoms with Crippen LogP contribution < -0.4 is 0 Å². The van der Waals surface area contributed by atoms with Crippen LogP contribution in [0.1, 0.15) is 0 Å². The van der Waals surface area contributed by atoms with E-state index in [0.29, 0.717) is 0 Å². The molecule has 0 atom stereocenters. The van der Waals surface area contributed by atoms with Crippen LogP contribution in [0, 0.1) is 0 Å². The highest BCUT2D eigenvalue weighted by Gasteiger charge is 2.96. The first-order valence-electron chi connectivity index (χ1n) is 5.78. The normalized spacial score (nSPS) is 17.0. The maximum Gasteiger partial charge on any atom is 0.387 e. The van der Waals surface area contributed by atoms with Crippen molar-refractivity contribution < 1.29 is 79.0 Å². The Kier molecular flexibility index (Phi) is 7.15. The summed E-state index contributed by atoms with van der Waals surface area (Å²) in [6, 6.07) is 0. The van der Waals surface area contributed by atoms with Gasteiger partial charge in [-0.2, -0.15) is 79.0 Å². The van der Waals surface area contributed by atoms with Crippen LogP contribution in [0.15, 0.2) is 0 Å². The second-order valence-electron chi connectivity index (χ2n) is 5.02. The van der Waals surface area contributed by atoms with Gasteiger partial charge in [0.25, 0.3) is 0 Å². The zero-order valence-electron chi connectivity index (χ0n) is 12.1. The van der Waals surface area contributed by atoms with Crippen LogP contribution in [0.25, 0.3) is 0 Å². The topological polar surface area (TPSA) is 0 Å². The van der Waals surface area contributed by atoms with Crippen LogP contribution in [0.5, 0.6) is 0 Å². The van der Waals surface area contributed by atoms with Gasteiger partial charge in [-0.1, -0.05) is 0 Å². The standard InChI is InChI=1S/C9F18I2/c10-1(11,2(12,13)4(16,17)6(20,21)8(24,25)28)3(14,15)5(18,19)7(22,23)9(26,27)29. The fourth-order valence-corrected chi connectivity index (χ4v) is 2.02. The van der Waals surface area contributed by atoms with Gasteiger partial charge in [-0.15, -0.1) is 0 Å². The van der Waals surface area contributed by atoms with Crippen molar-refractivity contribution >= 4 is 45.2 Å². The molecule has 0 N–H and O–H groups in total. The Morgan fingerprint density at radius 3 is 0.448 bits per heavy atom. The van der Waals surface area contributed by atoms with Gasteiger partial charge in [-0.05, 0) is 0 Å². The largest absolute Gasteiger partial charge is 0.387 e. The fraction of sp³-hybridized carbons (Fsp3) is 1.00. The van der Waals surface area contributed by atoms with Crippen molar-refractivity contribution in [3.63, 3.8) is 0 Å². The van der Waals surface area contributed by atoms with Crippen molar-refractivity contribution in [2.75, 3.05) is 0 Å². The van der Waals surface area contributed by atoms with Crippen molar-refractivity contribution in [1.29, 1.82) is 0 Å². The number of hydrogen-bond acceptors (Lipinski definition) is 0. The van der Waals surface area contributed by atoms with Gasteiger partial charge in [0.15, 0.2) is 0 Å². The van der Waals surface area contributed by atoms with E-state index in [1.807, 2.05) is 0 Å². The molecule has 0 fully saturated rings. The molecule has 0 unspecified atom stereocenters. The lowest BCUT2D eigenvalue weighted by Crippen LogP contribution is -2.75. The molecule has 0 aromatic heterocycles. The molecule has 0 aliphatic rings. The Hall–Kier alpha value is 0.200. The molecule has 0 nitrogen and oxygen atoms in total. The molecule has 0 bridgehead atoms. The second-order valence-corrected chi connectivity index (χ2v) is 7.73. The van der Waals surface area contributed by atoms with E-state index in [2.05, 4.69) is 0 Å². The third-order valence-corrected chi connectivity index (χ3v) is 4.43. The van der Waals surface area contributed by atoms with Gasteiger partial charge >= 0.3 is 49.3 Å². The molecule has 0 spiro atoms. The fourth-order valence-electron chi connectivity index (χ4n) is 1.34. The minimum Gasteiger partial charge on any atom is -0.192 e.